The van der Waals surface area contributed by atoms with Crippen molar-refractivity contribution in [3.05, 3.63) is 18.2 Å². The highest BCUT2D eigenvalue weighted by Crippen LogP contribution is 2.38. The lowest BCUT2D eigenvalue weighted by Crippen LogP contribution is -2.35. The van der Waals surface area contributed by atoms with Crippen molar-refractivity contribution in [1.29, 1.82) is 0 Å². The molecule has 1 aromatic carbocycles. The van der Waals surface area contributed by atoms with Gasteiger partial charge in [-0.1, -0.05) is 12.8 Å². The van der Waals surface area contributed by atoms with Gasteiger partial charge in [-0.3, -0.25) is 0 Å². The number of thioether (sulfide) groups is 1. The van der Waals surface area contributed by atoms with E-state index in [2.05, 4.69) is 12.1 Å². The van der Waals surface area contributed by atoms with E-state index in [-0.39, 0.29) is 0 Å². The molecule has 0 aromatic heterocycles. The van der Waals surface area contributed by atoms with Gasteiger partial charge in [-0.05, 0) is 31.0 Å². The van der Waals surface area contributed by atoms with Crippen molar-refractivity contribution < 1.29 is 9.47 Å². The lowest BCUT2D eigenvalue weighted by molar-refractivity contribution is 0.297. The normalized spacial score (nSPS) is 26.8. The Balaban J connectivity index is 1.72. The van der Waals surface area contributed by atoms with Gasteiger partial charge in [-0.2, -0.15) is 0 Å². The summed E-state index contributed by atoms with van der Waals surface area (Å²) in [4.78, 5) is 1.24. The molecule has 0 radical (unpaired) electrons. The third-order valence-electron chi connectivity index (χ3n) is 3.76. The quantitative estimate of drug-likeness (QED) is 0.903. The third-order valence-corrected chi connectivity index (χ3v) is 5.17. The van der Waals surface area contributed by atoms with Crippen LogP contribution in [0, 0.1) is 0 Å². The van der Waals surface area contributed by atoms with Crippen molar-refractivity contribution in [2.45, 2.75) is 48.3 Å². The van der Waals surface area contributed by atoms with E-state index in [9.17, 15) is 0 Å². The molecule has 104 valence electrons. The minimum atomic E-state index is 0.328. The van der Waals surface area contributed by atoms with E-state index in [4.69, 9.17) is 15.2 Å². The molecule has 1 fully saturated rings. The van der Waals surface area contributed by atoms with Gasteiger partial charge in [0.25, 0.3) is 0 Å². The number of nitrogens with two attached hydrogens (primary N) is 1. The van der Waals surface area contributed by atoms with E-state index >= 15 is 0 Å². The predicted octanol–water partition coefficient (Wildman–Crippen LogP) is 3.21. The van der Waals surface area contributed by atoms with Crippen LogP contribution in [0.2, 0.25) is 0 Å². The van der Waals surface area contributed by atoms with Crippen molar-refractivity contribution in [1.82, 2.24) is 0 Å². The zero-order valence-corrected chi connectivity index (χ0v) is 12.0. The number of hydrogen-bond acceptors (Lipinski definition) is 4. The maximum absolute atomic E-state index is 6.21. The molecule has 1 aliphatic carbocycles. The molecule has 2 unspecified atom stereocenters. The molecule has 0 saturated heterocycles. The Morgan fingerprint density at radius 3 is 2.63 bits per heavy atom. The summed E-state index contributed by atoms with van der Waals surface area (Å²) in [6.45, 7) is 1.48. The Morgan fingerprint density at radius 2 is 1.79 bits per heavy atom. The second-order valence-corrected chi connectivity index (χ2v) is 6.58. The van der Waals surface area contributed by atoms with E-state index in [1.54, 1.807) is 0 Å². The number of rotatable bonds is 2. The molecule has 3 rings (SSSR count). The minimum absolute atomic E-state index is 0.328. The maximum atomic E-state index is 6.21. The summed E-state index contributed by atoms with van der Waals surface area (Å²) in [6.07, 6.45) is 5.91. The highest BCUT2D eigenvalue weighted by Gasteiger charge is 2.23. The molecule has 3 nitrogen and oxygen atoms in total. The van der Waals surface area contributed by atoms with Gasteiger partial charge in [0.2, 0.25) is 0 Å². The first-order valence-electron chi connectivity index (χ1n) is 7.15. The molecule has 2 atom stereocenters. The van der Waals surface area contributed by atoms with Crippen LogP contribution in [-0.4, -0.2) is 24.5 Å². The zero-order valence-electron chi connectivity index (χ0n) is 11.1. The zero-order chi connectivity index (χ0) is 13.1. The van der Waals surface area contributed by atoms with Gasteiger partial charge in [0.1, 0.15) is 0 Å². The summed E-state index contributed by atoms with van der Waals surface area (Å²) in [5, 5.41) is 0.540. The van der Waals surface area contributed by atoms with Crippen molar-refractivity contribution in [3.63, 3.8) is 0 Å². The second-order valence-electron chi connectivity index (χ2n) is 5.26. The van der Waals surface area contributed by atoms with Crippen molar-refractivity contribution in [3.8, 4) is 11.5 Å². The van der Waals surface area contributed by atoms with Gasteiger partial charge in [0, 0.05) is 22.6 Å². The SMILES string of the molecule is NC1CCCCC1Sc1ccc2c(c1)OCCCO2. The van der Waals surface area contributed by atoms with Crippen LogP contribution in [-0.2, 0) is 0 Å². The smallest absolute Gasteiger partial charge is 0.162 e. The summed E-state index contributed by atoms with van der Waals surface area (Å²) < 4.78 is 11.4. The molecule has 1 aliphatic heterocycles. The van der Waals surface area contributed by atoms with Crippen LogP contribution in [0.1, 0.15) is 32.1 Å². The molecule has 0 amide bonds. The van der Waals surface area contributed by atoms with E-state index in [1.165, 1.54) is 24.2 Å². The number of benzene rings is 1. The van der Waals surface area contributed by atoms with E-state index in [0.717, 1.165) is 37.6 Å². The first kappa shape index (κ1) is 13.1. The van der Waals surface area contributed by atoms with Gasteiger partial charge in [0.05, 0.1) is 13.2 Å². The Morgan fingerprint density at radius 1 is 1.00 bits per heavy atom. The first-order valence-corrected chi connectivity index (χ1v) is 8.03. The second kappa shape index (κ2) is 6.06. The molecule has 1 aromatic rings. The summed E-state index contributed by atoms with van der Waals surface area (Å²) in [5.74, 6) is 1.75. The fourth-order valence-electron chi connectivity index (χ4n) is 2.66. The van der Waals surface area contributed by atoms with Gasteiger partial charge in [0.15, 0.2) is 11.5 Å². The molecule has 0 spiro atoms. The number of fused-ring (bicyclic) bond motifs is 1. The van der Waals surface area contributed by atoms with E-state index in [1.807, 2.05) is 17.8 Å². The molecular weight excluding hydrogens is 258 g/mol. The minimum Gasteiger partial charge on any atom is -0.490 e. The summed E-state index contributed by atoms with van der Waals surface area (Å²) in [5.41, 5.74) is 6.21. The molecule has 0 bridgehead atoms. The highest BCUT2D eigenvalue weighted by atomic mass is 32.2. The topological polar surface area (TPSA) is 44.5 Å². The average Bonchev–Trinajstić information content (AvgIpc) is 2.66. The van der Waals surface area contributed by atoms with Crippen molar-refractivity contribution >= 4 is 11.8 Å². The van der Waals surface area contributed by atoms with Crippen molar-refractivity contribution in [2.75, 3.05) is 13.2 Å². The summed E-state index contributed by atoms with van der Waals surface area (Å²) >= 11 is 1.89. The van der Waals surface area contributed by atoms with Gasteiger partial charge in [-0.15, -0.1) is 11.8 Å². The predicted molar refractivity (Wildman–Crippen MR) is 78.1 cm³/mol. The molecule has 4 heteroatoms. The van der Waals surface area contributed by atoms with Crippen LogP contribution in [0.3, 0.4) is 0 Å². The Bertz CT molecular complexity index is 438. The van der Waals surface area contributed by atoms with Crippen LogP contribution in [0.25, 0.3) is 0 Å². The lowest BCUT2D eigenvalue weighted by atomic mass is 9.96. The Kier molecular flexibility index (Phi) is 4.18. The standard InChI is InChI=1S/C15H21NO2S/c16-12-4-1-2-5-15(12)19-11-6-7-13-14(10-11)18-9-3-8-17-13/h6-7,10,12,15H,1-5,8-9,16H2. The number of hydrogen-bond donors (Lipinski definition) is 1. The van der Waals surface area contributed by atoms with E-state index in [0.29, 0.717) is 11.3 Å². The average molecular weight is 279 g/mol. The molecule has 2 aliphatic rings. The van der Waals surface area contributed by atoms with Gasteiger partial charge in [-0.25, -0.2) is 0 Å². The first-order chi connectivity index (χ1) is 9.33. The van der Waals surface area contributed by atoms with Crippen LogP contribution >= 0.6 is 11.8 Å². The summed E-state index contributed by atoms with van der Waals surface area (Å²) in [6, 6.07) is 6.58. The fourth-order valence-corrected chi connectivity index (χ4v) is 3.93. The third kappa shape index (κ3) is 3.18. The van der Waals surface area contributed by atoms with Gasteiger partial charge < -0.3 is 15.2 Å². The molecule has 1 saturated carbocycles. The van der Waals surface area contributed by atoms with Crippen LogP contribution in [0.5, 0.6) is 11.5 Å². The molecule has 19 heavy (non-hydrogen) atoms. The Hall–Kier alpha value is -0.870. The highest BCUT2D eigenvalue weighted by molar-refractivity contribution is 8.00. The fraction of sp³-hybridized carbons (Fsp3) is 0.600. The maximum Gasteiger partial charge on any atom is 0.162 e. The molecule has 2 N–H and O–H groups in total. The van der Waals surface area contributed by atoms with E-state index < -0.39 is 0 Å². The van der Waals surface area contributed by atoms with Crippen LogP contribution < -0.4 is 15.2 Å². The van der Waals surface area contributed by atoms with Gasteiger partial charge >= 0.3 is 0 Å². The largest absolute Gasteiger partial charge is 0.490 e. The lowest BCUT2D eigenvalue weighted by Gasteiger charge is -2.28. The summed E-state index contributed by atoms with van der Waals surface area (Å²) in [7, 11) is 0. The Labute approximate surface area is 118 Å². The van der Waals surface area contributed by atoms with Crippen LogP contribution in [0.15, 0.2) is 23.1 Å². The van der Waals surface area contributed by atoms with Crippen molar-refractivity contribution in [2.24, 2.45) is 5.73 Å². The monoisotopic (exact) mass is 279 g/mol. The molecular formula is C15H21NO2S. The van der Waals surface area contributed by atoms with Crippen LogP contribution in [0.4, 0.5) is 0 Å². The molecule has 1 heterocycles. The number of ether oxygens (including phenoxy) is 2.